The standard InChI is InChI=1S/C16H20N4O.HI/c1-10-11(2)21-15(19-10)9-18-16(17)20-14-7-6-12-4-3-5-13(12)8-14;/h6-8H,3-5,9H2,1-2H3,(H3,17,18,20);1H. The zero-order valence-corrected chi connectivity index (χ0v) is 15.2. The van der Waals surface area contributed by atoms with Crippen molar-refractivity contribution in [2.75, 3.05) is 5.32 Å². The van der Waals surface area contributed by atoms with Crippen LogP contribution in [0.15, 0.2) is 27.6 Å². The third-order valence-electron chi connectivity index (χ3n) is 3.83. The monoisotopic (exact) mass is 412 g/mol. The molecule has 0 bridgehead atoms. The molecule has 0 saturated heterocycles. The number of hydrogen-bond donors (Lipinski definition) is 2. The Hall–Kier alpha value is -1.57. The summed E-state index contributed by atoms with van der Waals surface area (Å²) in [6.07, 6.45) is 3.57. The molecule has 0 aliphatic heterocycles. The van der Waals surface area contributed by atoms with Crippen LogP contribution >= 0.6 is 24.0 Å². The number of guanidine groups is 1. The summed E-state index contributed by atoms with van der Waals surface area (Å²) in [6.45, 7) is 4.15. The fraction of sp³-hybridized carbons (Fsp3) is 0.375. The molecule has 0 saturated carbocycles. The summed E-state index contributed by atoms with van der Waals surface area (Å²) in [5.74, 6) is 1.79. The van der Waals surface area contributed by atoms with E-state index in [-0.39, 0.29) is 24.0 Å². The summed E-state index contributed by atoms with van der Waals surface area (Å²) in [4.78, 5) is 8.54. The largest absolute Gasteiger partial charge is 0.444 e. The number of anilines is 1. The maximum atomic E-state index is 5.91. The smallest absolute Gasteiger partial charge is 0.216 e. The van der Waals surface area contributed by atoms with E-state index in [0.717, 1.165) is 23.6 Å². The molecule has 2 aromatic rings. The number of aromatic nitrogens is 1. The lowest BCUT2D eigenvalue weighted by atomic mass is 10.1. The van der Waals surface area contributed by atoms with Gasteiger partial charge in [0.25, 0.3) is 0 Å². The molecule has 3 rings (SSSR count). The van der Waals surface area contributed by atoms with Crippen LogP contribution in [0.5, 0.6) is 0 Å². The summed E-state index contributed by atoms with van der Waals surface area (Å²) in [5, 5.41) is 3.12. The average Bonchev–Trinajstić information content (AvgIpc) is 3.03. The van der Waals surface area contributed by atoms with Gasteiger partial charge in [0.2, 0.25) is 5.89 Å². The Morgan fingerprint density at radius 1 is 1.32 bits per heavy atom. The van der Waals surface area contributed by atoms with Crippen molar-refractivity contribution in [1.29, 1.82) is 0 Å². The van der Waals surface area contributed by atoms with Crippen molar-refractivity contribution in [3.63, 3.8) is 0 Å². The zero-order chi connectivity index (χ0) is 14.8. The summed E-state index contributed by atoms with van der Waals surface area (Å²) >= 11 is 0. The van der Waals surface area contributed by atoms with Crippen LogP contribution < -0.4 is 11.1 Å². The van der Waals surface area contributed by atoms with Crippen LogP contribution in [0.1, 0.15) is 34.9 Å². The molecule has 0 radical (unpaired) electrons. The number of halogens is 1. The fourth-order valence-electron chi connectivity index (χ4n) is 2.60. The predicted octanol–water partition coefficient (Wildman–Crippen LogP) is 3.32. The molecule has 0 fully saturated rings. The molecule has 3 N–H and O–H groups in total. The molecular formula is C16H21IN4O. The number of benzene rings is 1. The lowest BCUT2D eigenvalue weighted by molar-refractivity contribution is 0.473. The van der Waals surface area contributed by atoms with Crippen LogP contribution in [0, 0.1) is 13.8 Å². The third kappa shape index (κ3) is 3.79. The first-order chi connectivity index (χ1) is 10.1. The quantitative estimate of drug-likeness (QED) is 0.461. The lowest BCUT2D eigenvalue weighted by Crippen LogP contribution is -2.22. The van der Waals surface area contributed by atoms with Crippen molar-refractivity contribution in [3.8, 4) is 0 Å². The van der Waals surface area contributed by atoms with Gasteiger partial charge in [-0.2, -0.15) is 0 Å². The number of aryl methyl sites for hydroxylation is 4. The third-order valence-corrected chi connectivity index (χ3v) is 3.83. The maximum absolute atomic E-state index is 5.91. The Kier molecular flexibility index (Phi) is 5.44. The first-order valence-electron chi connectivity index (χ1n) is 7.23. The number of nitrogens with zero attached hydrogens (tertiary/aromatic N) is 2. The molecule has 0 unspecified atom stereocenters. The highest BCUT2D eigenvalue weighted by atomic mass is 127. The van der Waals surface area contributed by atoms with Gasteiger partial charge in [-0.3, -0.25) is 0 Å². The molecular weight excluding hydrogens is 391 g/mol. The SMILES string of the molecule is Cc1nc(CN=C(N)Nc2ccc3c(c2)CCC3)oc1C.I. The number of aliphatic imine (C=N–C) groups is 1. The number of oxazole rings is 1. The van der Waals surface area contributed by atoms with Crippen LogP contribution in [-0.2, 0) is 19.4 Å². The second-order valence-corrected chi connectivity index (χ2v) is 5.41. The number of rotatable bonds is 3. The Morgan fingerprint density at radius 3 is 2.82 bits per heavy atom. The predicted molar refractivity (Wildman–Crippen MR) is 98.8 cm³/mol. The van der Waals surface area contributed by atoms with Gasteiger partial charge in [-0.05, 0) is 56.4 Å². The van der Waals surface area contributed by atoms with E-state index in [4.69, 9.17) is 10.2 Å². The Bertz CT molecular complexity index is 674. The van der Waals surface area contributed by atoms with Crippen LogP contribution in [0.2, 0.25) is 0 Å². The minimum atomic E-state index is 0. The van der Waals surface area contributed by atoms with Gasteiger partial charge in [-0.1, -0.05) is 6.07 Å². The van der Waals surface area contributed by atoms with Gasteiger partial charge >= 0.3 is 0 Å². The van der Waals surface area contributed by atoms with E-state index >= 15 is 0 Å². The fourth-order valence-corrected chi connectivity index (χ4v) is 2.60. The second-order valence-electron chi connectivity index (χ2n) is 5.41. The molecule has 1 heterocycles. The Labute approximate surface area is 147 Å². The first kappa shape index (κ1) is 16.8. The molecule has 1 aliphatic carbocycles. The molecule has 1 aromatic heterocycles. The molecule has 118 valence electrons. The summed E-state index contributed by atoms with van der Waals surface area (Å²) < 4.78 is 5.47. The molecule has 6 heteroatoms. The van der Waals surface area contributed by atoms with E-state index in [1.165, 1.54) is 24.0 Å². The number of nitrogens with one attached hydrogen (secondary N) is 1. The van der Waals surface area contributed by atoms with Crippen LogP contribution in [-0.4, -0.2) is 10.9 Å². The van der Waals surface area contributed by atoms with Crippen molar-refractivity contribution >= 4 is 35.6 Å². The normalized spacial score (nSPS) is 13.6. The maximum Gasteiger partial charge on any atom is 0.216 e. The molecule has 0 atom stereocenters. The van der Waals surface area contributed by atoms with Crippen molar-refractivity contribution < 1.29 is 4.42 Å². The number of hydrogen-bond acceptors (Lipinski definition) is 3. The van der Waals surface area contributed by atoms with Gasteiger partial charge < -0.3 is 15.5 Å². The zero-order valence-electron chi connectivity index (χ0n) is 12.8. The van der Waals surface area contributed by atoms with Crippen molar-refractivity contribution in [2.45, 2.75) is 39.7 Å². The van der Waals surface area contributed by atoms with E-state index in [9.17, 15) is 0 Å². The topological polar surface area (TPSA) is 76.4 Å². The van der Waals surface area contributed by atoms with Gasteiger partial charge in [-0.25, -0.2) is 9.98 Å². The highest BCUT2D eigenvalue weighted by Crippen LogP contribution is 2.24. The van der Waals surface area contributed by atoms with Crippen LogP contribution in [0.4, 0.5) is 5.69 Å². The van der Waals surface area contributed by atoms with E-state index < -0.39 is 0 Å². The van der Waals surface area contributed by atoms with Gasteiger partial charge in [0.15, 0.2) is 5.96 Å². The average molecular weight is 412 g/mol. The van der Waals surface area contributed by atoms with Crippen LogP contribution in [0.25, 0.3) is 0 Å². The minimum Gasteiger partial charge on any atom is -0.444 e. The summed E-state index contributed by atoms with van der Waals surface area (Å²) in [7, 11) is 0. The van der Waals surface area contributed by atoms with Crippen molar-refractivity contribution in [1.82, 2.24) is 4.98 Å². The van der Waals surface area contributed by atoms with E-state index in [0.29, 0.717) is 18.4 Å². The van der Waals surface area contributed by atoms with E-state index in [1.54, 1.807) is 0 Å². The molecule has 1 aromatic carbocycles. The Balaban J connectivity index is 0.00000176. The summed E-state index contributed by atoms with van der Waals surface area (Å²) in [5.41, 5.74) is 10.6. The van der Waals surface area contributed by atoms with Gasteiger partial charge in [0.05, 0.1) is 5.69 Å². The molecule has 5 nitrogen and oxygen atoms in total. The van der Waals surface area contributed by atoms with Gasteiger partial charge in [-0.15, -0.1) is 24.0 Å². The molecule has 0 amide bonds. The first-order valence-corrected chi connectivity index (χ1v) is 7.23. The lowest BCUT2D eigenvalue weighted by Gasteiger charge is -2.07. The van der Waals surface area contributed by atoms with Gasteiger partial charge in [0.1, 0.15) is 12.3 Å². The number of nitrogens with two attached hydrogens (primary N) is 1. The molecule has 22 heavy (non-hydrogen) atoms. The molecule has 0 spiro atoms. The van der Waals surface area contributed by atoms with E-state index in [2.05, 4.69) is 27.4 Å². The summed E-state index contributed by atoms with van der Waals surface area (Å²) in [6, 6.07) is 6.37. The highest BCUT2D eigenvalue weighted by Gasteiger charge is 2.11. The van der Waals surface area contributed by atoms with E-state index in [1.807, 2.05) is 19.9 Å². The van der Waals surface area contributed by atoms with Crippen LogP contribution in [0.3, 0.4) is 0 Å². The van der Waals surface area contributed by atoms with Crippen molar-refractivity contribution in [2.24, 2.45) is 10.7 Å². The van der Waals surface area contributed by atoms with Gasteiger partial charge in [0, 0.05) is 5.69 Å². The minimum absolute atomic E-state index is 0. The number of fused-ring (bicyclic) bond motifs is 1. The highest BCUT2D eigenvalue weighted by molar-refractivity contribution is 14.0. The van der Waals surface area contributed by atoms with Crippen molar-refractivity contribution in [3.05, 3.63) is 46.7 Å². The molecule has 1 aliphatic rings. The Morgan fingerprint density at radius 2 is 2.09 bits per heavy atom. The second kappa shape index (κ2) is 7.13.